The molecule has 0 saturated heterocycles. The van der Waals surface area contributed by atoms with Crippen LogP contribution in [-0.4, -0.2) is 44.3 Å². The fourth-order valence-electron chi connectivity index (χ4n) is 4.90. The highest BCUT2D eigenvalue weighted by atomic mass is 32.1. The molecule has 4 rings (SSSR count). The van der Waals surface area contributed by atoms with Crippen LogP contribution in [0.25, 0.3) is 11.3 Å². The lowest BCUT2D eigenvalue weighted by atomic mass is 9.62. The van der Waals surface area contributed by atoms with Crippen molar-refractivity contribution in [2.45, 2.75) is 31.2 Å². The normalized spacial score (nSPS) is 21.7. The van der Waals surface area contributed by atoms with Crippen LogP contribution in [0.1, 0.15) is 30.3 Å². The highest BCUT2D eigenvalue weighted by molar-refractivity contribution is 7.10. The van der Waals surface area contributed by atoms with Crippen LogP contribution in [0.15, 0.2) is 71.2 Å². The Morgan fingerprint density at radius 2 is 1.77 bits per heavy atom. The van der Waals surface area contributed by atoms with Crippen LogP contribution < -0.4 is 10.1 Å². The van der Waals surface area contributed by atoms with Gasteiger partial charge in [-0.25, -0.2) is 9.78 Å². The third-order valence-corrected chi connectivity index (χ3v) is 7.54. The maximum Gasteiger partial charge on any atom is 0.336 e. The Balaban J connectivity index is 1.99. The lowest BCUT2D eigenvalue weighted by Gasteiger charge is -2.46. The van der Waals surface area contributed by atoms with E-state index in [0.717, 1.165) is 11.1 Å². The van der Waals surface area contributed by atoms with Crippen molar-refractivity contribution in [3.63, 3.8) is 0 Å². The van der Waals surface area contributed by atoms with Gasteiger partial charge in [-0.05, 0) is 31.5 Å². The van der Waals surface area contributed by atoms with Crippen LogP contribution >= 0.6 is 11.3 Å². The number of rotatable bonds is 6. The minimum atomic E-state index is -1.32. The van der Waals surface area contributed by atoms with Crippen LogP contribution in [0, 0.1) is 0 Å². The molecule has 35 heavy (non-hydrogen) atoms. The molecule has 182 valence electrons. The molecule has 0 aliphatic carbocycles. The zero-order valence-electron chi connectivity index (χ0n) is 20.3. The standard InChI is InChI=1S/C27H28N2O5S/c1-16-22(24(30)33-4)23(18-10-7-6-8-11-18)27(17(2)28-16,26(31)34-5)25-29-21(15-35-25)19-12-9-13-20(14-19)32-3/h6-15,17,23,28H,1-5H3. The van der Waals surface area contributed by atoms with Gasteiger partial charge in [-0.3, -0.25) is 4.79 Å². The van der Waals surface area contributed by atoms with Gasteiger partial charge in [0.05, 0.1) is 32.6 Å². The fraction of sp³-hybridized carbons (Fsp3) is 0.296. The monoisotopic (exact) mass is 492 g/mol. The second-order valence-electron chi connectivity index (χ2n) is 8.37. The minimum absolute atomic E-state index is 0.375. The van der Waals surface area contributed by atoms with Crippen molar-refractivity contribution in [1.29, 1.82) is 0 Å². The summed E-state index contributed by atoms with van der Waals surface area (Å²) in [5.74, 6) is -0.953. The third kappa shape index (κ3) is 4.08. The zero-order chi connectivity index (χ0) is 25.2. The fourth-order valence-corrected chi connectivity index (χ4v) is 6.04. The summed E-state index contributed by atoms with van der Waals surface area (Å²) in [6, 6.07) is 16.6. The summed E-state index contributed by atoms with van der Waals surface area (Å²) in [4.78, 5) is 31.8. The number of thiazole rings is 1. The number of nitrogens with one attached hydrogen (secondary N) is 1. The Kier molecular flexibility index (Phi) is 6.93. The van der Waals surface area contributed by atoms with Crippen molar-refractivity contribution in [2.75, 3.05) is 21.3 Å². The number of carbonyl (C=O) groups excluding carboxylic acids is 2. The molecule has 0 bridgehead atoms. The van der Waals surface area contributed by atoms with Gasteiger partial charge in [0.2, 0.25) is 0 Å². The molecule has 0 amide bonds. The van der Waals surface area contributed by atoms with Crippen LogP contribution in [0.5, 0.6) is 5.75 Å². The van der Waals surface area contributed by atoms with E-state index >= 15 is 0 Å². The van der Waals surface area contributed by atoms with Gasteiger partial charge >= 0.3 is 11.9 Å². The second-order valence-corrected chi connectivity index (χ2v) is 9.23. The van der Waals surface area contributed by atoms with Gasteiger partial charge in [0.25, 0.3) is 0 Å². The van der Waals surface area contributed by atoms with Gasteiger partial charge in [0.1, 0.15) is 10.8 Å². The molecular weight excluding hydrogens is 464 g/mol. The van der Waals surface area contributed by atoms with Crippen LogP contribution in [0.3, 0.4) is 0 Å². The summed E-state index contributed by atoms with van der Waals surface area (Å²) in [7, 11) is 4.31. The Hall–Kier alpha value is -3.65. The first-order valence-corrected chi connectivity index (χ1v) is 12.1. The average Bonchev–Trinajstić information content (AvgIpc) is 3.38. The number of allylic oxidation sites excluding steroid dienone is 1. The highest BCUT2D eigenvalue weighted by Gasteiger charge is 2.60. The van der Waals surface area contributed by atoms with Crippen LogP contribution in [0.2, 0.25) is 0 Å². The number of hydrogen-bond donors (Lipinski definition) is 1. The number of aromatic nitrogens is 1. The maximum absolute atomic E-state index is 13.8. The Morgan fingerprint density at radius 1 is 1.03 bits per heavy atom. The van der Waals surface area contributed by atoms with Crippen molar-refractivity contribution < 1.29 is 23.8 Å². The van der Waals surface area contributed by atoms with Gasteiger partial charge < -0.3 is 19.5 Å². The summed E-state index contributed by atoms with van der Waals surface area (Å²) < 4.78 is 15.9. The van der Waals surface area contributed by atoms with Crippen molar-refractivity contribution >= 4 is 23.3 Å². The smallest absolute Gasteiger partial charge is 0.336 e. The van der Waals surface area contributed by atoms with E-state index in [2.05, 4.69) is 5.32 Å². The van der Waals surface area contributed by atoms with E-state index < -0.39 is 29.3 Å². The summed E-state index contributed by atoms with van der Waals surface area (Å²) in [5, 5.41) is 5.80. The molecule has 0 radical (unpaired) electrons. The van der Waals surface area contributed by atoms with E-state index in [1.165, 1.54) is 25.6 Å². The number of ether oxygens (including phenoxy) is 3. The summed E-state index contributed by atoms with van der Waals surface area (Å²) in [6.45, 7) is 3.74. The first kappa shape index (κ1) is 24.5. The molecule has 1 aromatic heterocycles. The number of methoxy groups -OCH3 is 3. The summed E-state index contributed by atoms with van der Waals surface area (Å²) in [6.07, 6.45) is 0. The molecule has 3 unspecified atom stereocenters. The van der Waals surface area contributed by atoms with Gasteiger partial charge in [-0.15, -0.1) is 11.3 Å². The van der Waals surface area contributed by atoms with E-state index in [1.54, 1.807) is 7.11 Å². The number of nitrogens with zero attached hydrogens (tertiary/aromatic N) is 1. The zero-order valence-corrected chi connectivity index (χ0v) is 21.1. The van der Waals surface area contributed by atoms with E-state index in [1.807, 2.05) is 73.8 Å². The molecule has 1 aliphatic rings. The molecule has 8 heteroatoms. The van der Waals surface area contributed by atoms with Gasteiger partial charge in [0.15, 0.2) is 5.41 Å². The first-order valence-electron chi connectivity index (χ1n) is 11.2. The molecule has 1 aliphatic heterocycles. The molecule has 0 spiro atoms. The molecule has 1 N–H and O–H groups in total. The van der Waals surface area contributed by atoms with Crippen molar-refractivity contribution in [1.82, 2.24) is 10.3 Å². The quantitative estimate of drug-likeness (QED) is 0.509. The molecule has 7 nitrogen and oxygen atoms in total. The predicted molar refractivity (Wildman–Crippen MR) is 134 cm³/mol. The van der Waals surface area contributed by atoms with Gasteiger partial charge in [-0.2, -0.15) is 0 Å². The summed E-state index contributed by atoms with van der Waals surface area (Å²) in [5.41, 5.74) is 2.07. The highest BCUT2D eigenvalue weighted by Crippen LogP contribution is 2.51. The molecular formula is C27H28N2O5S. The van der Waals surface area contributed by atoms with Crippen molar-refractivity contribution in [3.05, 3.63) is 81.8 Å². The van der Waals surface area contributed by atoms with Crippen molar-refractivity contribution in [3.8, 4) is 17.0 Å². The van der Waals surface area contributed by atoms with Gasteiger partial charge in [0, 0.05) is 28.6 Å². The van der Waals surface area contributed by atoms with Gasteiger partial charge in [-0.1, -0.05) is 42.5 Å². The Bertz CT molecular complexity index is 1270. The summed E-state index contributed by atoms with van der Waals surface area (Å²) >= 11 is 1.36. The second kappa shape index (κ2) is 9.92. The van der Waals surface area contributed by atoms with Crippen LogP contribution in [-0.2, 0) is 24.5 Å². The van der Waals surface area contributed by atoms with E-state index in [4.69, 9.17) is 19.2 Å². The molecule has 2 aromatic carbocycles. The minimum Gasteiger partial charge on any atom is -0.497 e. The lowest BCUT2D eigenvalue weighted by molar-refractivity contribution is -0.150. The van der Waals surface area contributed by atoms with E-state index in [-0.39, 0.29) is 0 Å². The number of carbonyl (C=O) groups is 2. The lowest BCUT2D eigenvalue weighted by Crippen LogP contribution is -2.60. The molecule has 3 aromatic rings. The van der Waals surface area contributed by atoms with Crippen LogP contribution in [0.4, 0.5) is 0 Å². The largest absolute Gasteiger partial charge is 0.497 e. The number of hydrogen-bond acceptors (Lipinski definition) is 8. The third-order valence-electron chi connectivity index (χ3n) is 6.55. The number of esters is 2. The molecule has 0 saturated carbocycles. The van der Waals surface area contributed by atoms with E-state index in [0.29, 0.717) is 27.7 Å². The predicted octanol–water partition coefficient (Wildman–Crippen LogP) is 4.45. The number of benzene rings is 2. The maximum atomic E-state index is 13.8. The molecule has 3 atom stereocenters. The SMILES string of the molecule is COC(=O)C1=C(C)NC(C)C(C(=O)OC)(c2nc(-c3cccc(OC)c3)cs2)C1c1ccccc1. The van der Waals surface area contributed by atoms with E-state index in [9.17, 15) is 9.59 Å². The molecule has 0 fully saturated rings. The Morgan fingerprint density at radius 3 is 2.43 bits per heavy atom. The topological polar surface area (TPSA) is 86.8 Å². The first-order chi connectivity index (χ1) is 16.9. The Labute approximate surface area is 208 Å². The average molecular weight is 493 g/mol. The van der Waals surface area contributed by atoms with Crippen molar-refractivity contribution in [2.24, 2.45) is 0 Å². The molecule has 2 heterocycles.